The van der Waals surface area contributed by atoms with E-state index in [-0.39, 0.29) is 30.3 Å². The number of phenolic OH excluding ortho intramolecular Hbond substituents is 1. The normalized spacial score (nSPS) is 15.0. The Morgan fingerprint density at radius 3 is 1.94 bits per heavy atom. The lowest BCUT2D eigenvalue weighted by molar-refractivity contribution is -0.142. The van der Waals surface area contributed by atoms with Gasteiger partial charge < -0.3 is 37.0 Å². The molecule has 1 rings (SSSR count). The van der Waals surface area contributed by atoms with Crippen LogP contribution in [-0.2, 0) is 30.4 Å². The number of amides is 3. The van der Waals surface area contributed by atoms with Crippen molar-refractivity contribution in [3.05, 3.63) is 29.8 Å². The number of nitrogens with two attached hydrogens (primary N) is 1. The molecule has 5 atom stereocenters. The van der Waals surface area contributed by atoms with Crippen molar-refractivity contribution in [1.82, 2.24) is 16.0 Å². The SMILES string of the molecule is CCC(C)C(N)C(=O)NC(Cc1ccc(O)cc1)C(=O)NC(CCC(=O)O)C(=O)NC(CS)C(=O)O. The van der Waals surface area contributed by atoms with Gasteiger partial charge in [-0.25, -0.2) is 4.79 Å². The van der Waals surface area contributed by atoms with Gasteiger partial charge >= 0.3 is 11.9 Å². The Morgan fingerprint density at radius 1 is 0.917 bits per heavy atom. The fourth-order valence-electron chi connectivity index (χ4n) is 3.12. The number of aliphatic carboxylic acids is 2. The number of nitrogens with one attached hydrogen (secondary N) is 3. The van der Waals surface area contributed by atoms with Crippen molar-refractivity contribution in [2.75, 3.05) is 5.75 Å². The number of thiol groups is 1. The summed E-state index contributed by atoms with van der Waals surface area (Å²) in [4.78, 5) is 60.9. The molecular weight excluding hydrogens is 492 g/mol. The largest absolute Gasteiger partial charge is 0.508 e. The third kappa shape index (κ3) is 10.1. The minimum Gasteiger partial charge on any atom is -0.508 e. The summed E-state index contributed by atoms with van der Waals surface area (Å²) in [5, 5.41) is 34.9. The smallest absolute Gasteiger partial charge is 0.327 e. The number of rotatable bonds is 15. The molecule has 1 aromatic rings. The molecule has 36 heavy (non-hydrogen) atoms. The van der Waals surface area contributed by atoms with Gasteiger partial charge in [0.1, 0.15) is 23.9 Å². The van der Waals surface area contributed by atoms with Crippen LogP contribution in [0.2, 0.25) is 0 Å². The van der Waals surface area contributed by atoms with Crippen molar-refractivity contribution in [1.29, 1.82) is 0 Å². The Labute approximate surface area is 214 Å². The van der Waals surface area contributed by atoms with Gasteiger partial charge in [0.25, 0.3) is 0 Å². The van der Waals surface area contributed by atoms with Crippen molar-refractivity contribution < 1.29 is 39.3 Å². The highest BCUT2D eigenvalue weighted by Gasteiger charge is 2.31. The molecule has 0 radical (unpaired) electrons. The zero-order valence-corrected chi connectivity index (χ0v) is 21.0. The average molecular weight is 527 g/mol. The van der Waals surface area contributed by atoms with E-state index in [0.717, 1.165) is 0 Å². The summed E-state index contributed by atoms with van der Waals surface area (Å²) in [6.07, 6.45) is -0.202. The number of hydrogen-bond donors (Lipinski definition) is 8. The number of hydrogen-bond acceptors (Lipinski definition) is 8. The molecular formula is C23H34N4O8S. The van der Waals surface area contributed by atoms with Crippen LogP contribution in [-0.4, -0.2) is 74.9 Å². The first-order valence-corrected chi connectivity index (χ1v) is 12.0. The topological polar surface area (TPSA) is 208 Å². The molecule has 0 aliphatic heterocycles. The molecule has 0 fully saturated rings. The van der Waals surface area contributed by atoms with E-state index in [4.69, 9.17) is 15.9 Å². The predicted molar refractivity (Wildman–Crippen MR) is 133 cm³/mol. The van der Waals surface area contributed by atoms with Gasteiger partial charge in [-0.15, -0.1) is 0 Å². The van der Waals surface area contributed by atoms with E-state index < -0.39 is 60.2 Å². The number of carboxylic acid groups (broad SMARTS) is 2. The van der Waals surface area contributed by atoms with Gasteiger partial charge in [-0.05, 0) is 30.0 Å². The molecule has 200 valence electrons. The molecule has 1 aromatic carbocycles. The van der Waals surface area contributed by atoms with Crippen LogP contribution in [0, 0.1) is 5.92 Å². The van der Waals surface area contributed by atoms with Crippen molar-refractivity contribution in [3.63, 3.8) is 0 Å². The summed E-state index contributed by atoms with van der Waals surface area (Å²) < 4.78 is 0. The molecule has 12 nitrogen and oxygen atoms in total. The molecule has 13 heteroatoms. The number of carboxylic acids is 2. The number of carbonyl (C=O) groups excluding carboxylic acids is 3. The van der Waals surface area contributed by atoms with Gasteiger partial charge in [0, 0.05) is 18.6 Å². The van der Waals surface area contributed by atoms with E-state index in [2.05, 4.69) is 28.6 Å². The van der Waals surface area contributed by atoms with E-state index in [9.17, 15) is 29.1 Å². The Bertz CT molecular complexity index is 927. The summed E-state index contributed by atoms with van der Waals surface area (Å²) in [5.74, 6) is -5.26. The molecule has 0 bridgehead atoms. The van der Waals surface area contributed by atoms with Crippen LogP contribution in [0.15, 0.2) is 24.3 Å². The lowest BCUT2D eigenvalue weighted by Gasteiger charge is -2.26. The van der Waals surface area contributed by atoms with Crippen LogP contribution in [0.4, 0.5) is 0 Å². The highest BCUT2D eigenvalue weighted by molar-refractivity contribution is 7.80. The summed E-state index contributed by atoms with van der Waals surface area (Å²) in [6, 6.07) is 1.07. The number of aromatic hydroxyl groups is 1. The monoisotopic (exact) mass is 526 g/mol. The molecule has 0 aliphatic carbocycles. The molecule has 0 aliphatic rings. The lowest BCUT2D eigenvalue weighted by atomic mass is 9.98. The number of phenols is 1. The van der Waals surface area contributed by atoms with E-state index >= 15 is 0 Å². The fraction of sp³-hybridized carbons (Fsp3) is 0.522. The molecule has 0 heterocycles. The van der Waals surface area contributed by atoms with Crippen LogP contribution in [0.3, 0.4) is 0 Å². The summed E-state index contributed by atoms with van der Waals surface area (Å²) in [5.41, 5.74) is 6.57. The standard InChI is InChI=1S/C23H34N4O8S/c1-3-12(2)19(24)22(33)26-16(10-13-4-6-14(28)7-5-13)21(32)25-15(8-9-18(29)30)20(31)27-17(11-36)23(34)35/h4-7,12,15-17,19,28,36H,3,8-11,24H2,1-2H3,(H,25,32)(H,26,33)(H,27,31)(H,29,30)(H,34,35). The van der Waals surface area contributed by atoms with Crippen LogP contribution < -0.4 is 21.7 Å². The maximum atomic E-state index is 13.2. The van der Waals surface area contributed by atoms with Gasteiger partial charge in [-0.2, -0.15) is 12.6 Å². The summed E-state index contributed by atoms with van der Waals surface area (Å²) >= 11 is 3.88. The third-order valence-corrected chi connectivity index (χ3v) is 6.01. The van der Waals surface area contributed by atoms with Crippen LogP contribution in [0.1, 0.15) is 38.7 Å². The highest BCUT2D eigenvalue weighted by atomic mass is 32.1. The Morgan fingerprint density at radius 2 is 1.44 bits per heavy atom. The molecule has 0 saturated heterocycles. The van der Waals surface area contributed by atoms with Gasteiger partial charge in [-0.3, -0.25) is 19.2 Å². The first-order valence-electron chi connectivity index (χ1n) is 11.4. The maximum absolute atomic E-state index is 13.2. The highest BCUT2D eigenvalue weighted by Crippen LogP contribution is 2.13. The second kappa shape index (κ2) is 14.9. The molecule has 8 N–H and O–H groups in total. The fourth-order valence-corrected chi connectivity index (χ4v) is 3.37. The average Bonchev–Trinajstić information content (AvgIpc) is 2.84. The van der Waals surface area contributed by atoms with Crippen LogP contribution in [0.5, 0.6) is 5.75 Å². The Kier molecular flexibility index (Phi) is 12.7. The second-order valence-electron chi connectivity index (χ2n) is 8.42. The van der Waals surface area contributed by atoms with Crippen molar-refractivity contribution in [3.8, 4) is 5.75 Å². The number of carbonyl (C=O) groups is 5. The maximum Gasteiger partial charge on any atom is 0.327 e. The quantitative estimate of drug-likeness (QED) is 0.140. The molecule has 0 saturated carbocycles. The number of benzene rings is 1. The summed E-state index contributed by atoms with van der Waals surface area (Å²) in [6.45, 7) is 3.64. The van der Waals surface area contributed by atoms with E-state index in [1.165, 1.54) is 12.1 Å². The lowest BCUT2D eigenvalue weighted by Crippen LogP contribution is -2.58. The predicted octanol–water partition coefficient (Wildman–Crippen LogP) is -0.358. The van der Waals surface area contributed by atoms with Crippen molar-refractivity contribution in [2.24, 2.45) is 11.7 Å². The minimum atomic E-state index is -1.39. The van der Waals surface area contributed by atoms with Gasteiger partial charge in [0.05, 0.1) is 6.04 Å². The van der Waals surface area contributed by atoms with Gasteiger partial charge in [0.15, 0.2) is 0 Å². The summed E-state index contributed by atoms with van der Waals surface area (Å²) in [7, 11) is 0. The Hall–Kier alpha value is -3.32. The van der Waals surface area contributed by atoms with Gasteiger partial charge in [0.2, 0.25) is 17.7 Å². The zero-order chi connectivity index (χ0) is 27.4. The molecule has 0 aromatic heterocycles. The Balaban J connectivity index is 3.16. The van der Waals surface area contributed by atoms with E-state index in [0.29, 0.717) is 12.0 Å². The van der Waals surface area contributed by atoms with Crippen LogP contribution in [0.25, 0.3) is 0 Å². The third-order valence-electron chi connectivity index (χ3n) is 5.65. The second-order valence-corrected chi connectivity index (χ2v) is 8.78. The molecule has 0 spiro atoms. The van der Waals surface area contributed by atoms with Gasteiger partial charge in [-0.1, -0.05) is 32.4 Å². The van der Waals surface area contributed by atoms with Crippen molar-refractivity contribution >= 4 is 42.3 Å². The zero-order valence-electron chi connectivity index (χ0n) is 20.1. The van der Waals surface area contributed by atoms with E-state index in [1.54, 1.807) is 19.1 Å². The van der Waals surface area contributed by atoms with Crippen LogP contribution >= 0.6 is 12.6 Å². The minimum absolute atomic E-state index is 0.00478. The first-order chi connectivity index (χ1) is 16.9. The van der Waals surface area contributed by atoms with E-state index in [1.807, 2.05) is 6.92 Å². The first kappa shape index (κ1) is 30.7. The van der Waals surface area contributed by atoms with Crippen molar-refractivity contribution in [2.45, 2.75) is 63.7 Å². The molecule has 3 amide bonds. The molecule has 5 unspecified atom stereocenters.